The van der Waals surface area contributed by atoms with Crippen LogP contribution in [0.2, 0.25) is 0 Å². The highest BCUT2D eigenvalue weighted by Gasteiger charge is 2.11. The van der Waals surface area contributed by atoms with E-state index in [2.05, 4.69) is 15.5 Å². The van der Waals surface area contributed by atoms with Crippen LogP contribution in [0.1, 0.15) is 40.7 Å². The Kier molecular flexibility index (Phi) is 7.76. The average Bonchev–Trinajstić information content (AvgIpc) is 3.25. The van der Waals surface area contributed by atoms with E-state index in [4.69, 9.17) is 0 Å². The molecule has 29 heavy (non-hydrogen) atoms. The number of rotatable bonds is 9. The fraction of sp³-hybridized carbons (Fsp3) is 0.391. The summed E-state index contributed by atoms with van der Waals surface area (Å²) in [6.07, 6.45) is 3.42. The summed E-state index contributed by atoms with van der Waals surface area (Å²) in [4.78, 5) is 26.6. The molecule has 0 atom stereocenters. The Hall–Kier alpha value is -2.73. The van der Waals surface area contributed by atoms with Gasteiger partial charge < -0.3 is 15.5 Å². The predicted molar refractivity (Wildman–Crippen MR) is 111 cm³/mol. The number of carbonyl (C=O) groups is 2. The lowest BCUT2D eigenvalue weighted by molar-refractivity contribution is -0.121. The summed E-state index contributed by atoms with van der Waals surface area (Å²) >= 11 is 0. The van der Waals surface area contributed by atoms with Crippen molar-refractivity contribution in [1.29, 1.82) is 0 Å². The van der Waals surface area contributed by atoms with Crippen molar-refractivity contribution >= 4 is 11.8 Å². The monoisotopic (exact) mass is 397 g/mol. The van der Waals surface area contributed by atoms with E-state index >= 15 is 0 Å². The van der Waals surface area contributed by atoms with Crippen molar-refractivity contribution in [1.82, 2.24) is 15.5 Å². The van der Waals surface area contributed by atoms with Gasteiger partial charge in [-0.05, 0) is 67.7 Å². The molecule has 0 spiro atoms. The molecule has 2 N–H and O–H groups in total. The van der Waals surface area contributed by atoms with Crippen LogP contribution in [-0.2, 0) is 17.8 Å². The third-order valence-electron chi connectivity index (χ3n) is 5.17. The molecule has 2 aromatic carbocycles. The molecule has 1 heterocycles. The highest BCUT2D eigenvalue weighted by Crippen LogP contribution is 2.08. The first kappa shape index (κ1) is 21.0. The number of likely N-dealkylation sites (tertiary alicyclic amines) is 1. The Bertz CT molecular complexity index is 800. The molecule has 1 fully saturated rings. The van der Waals surface area contributed by atoms with Gasteiger partial charge in [0.2, 0.25) is 5.91 Å². The van der Waals surface area contributed by atoms with Crippen LogP contribution in [-0.4, -0.2) is 42.9 Å². The molecular formula is C23H28FN3O2. The van der Waals surface area contributed by atoms with E-state index in [1.807, 2.05) is 12.1 Å². The first-order valence-electron chi connectivity index (χ1n) is 10.2. The quantitative estimate of drug-likeness (QED) is 0.684. The van der Waals surface area contributed by atoms with Crippen LogP contribution >= 0.6 is 0 Å². The number of amides is 2. The van der Waals surface area contributed by atoms with Crippen molar-refractivity contribution in [3.05, 3.63) is 71.0 Å². The number of benzene rings is 2. The fourth-order valence-electron chi connectivity index (χ4n) is 3.41. The number of carbonyl (C=O) groups excluding carboxylic acids is 2. The summed E-state index contributed by atoms with van der Waals surface area (Å²) in [5, 5.41) is 5.83. The molecule has 0 saturated carbocycles. The van der Waals surface area contributed by atoms with E-state index in [9.17, 15) is 14.0 Å². The topological polar surface area (TPSA) is 61.4 Å². The van der Waals surface area contributed by atoms with Crippen LogP contribution in [0.15, 0.2) is 48.5 Å². The molecule has 5 nitrogen and oxygen atoms in total. The second-order valence-corrected chi connectivity index (χ2v) is 7.40. The van der Waals surface area contributed by atoms with Gasteiger partial charge in [0.05, 0.1) is 0 Å². The van der Waals surface area contributed by atoms with Crippen LogP contribution in [0.5, 0.6) is 0 Å². The van der Waals surface area contributed by atoms with Crippen LogP contribution < -0.4 is 10.6 Å². The molecule has 2 aromatic rings. The normalized spacial score (nSPS) is 14.0. The SMILES string of the molecule is O=C(CCc1ccc(F)cc1)NCc1ccc(C(=O)NCCN2CCCC2)cc1. The van der Waals surface area contributed by atoms with E-state index in [1.165, 1.54) is 25.0 Å². The van der Waals surface area contributed by atoms with Gasteiger partial charge >= 0.3 is 0 Å². The van der Waals surface area contributed by atoms with Gasteiger partial charge in [0, 0.05) is 31.6 Å². The Morgan fingerprint density at radius 1 is 0.897 bits per heavy atom. The van der Waals surface area contributed by atoms with Gasteiger partial charge in [0.1, 0.15) is 5.82 Å². The number of nitrogens with zero attached hydrogens (tertiary/aromatic N) is 1. The molecule has 6 heteroatoms. The Morgan fingerprint density at radius 2 is 1.55 bits per heavy atom. The van der Waals surface area contributed by atoms with Crippen molar-refractivity contribution in [3.8, 4) is 0 Å². The zero-order valence-corrected chi connectivity index (χ0v) is 16.6. The van der Waals surface area contributed by atoms with Crippen LogP contribution in [0.3, 0.4) is 0 Å². The van der Waals surface area contributed by atoms with Crippen molar-refractivity contribution in [2.75, 3.05) is 26.2 Å². The van der Waals surface area contributed by atoms with Gasteiger partial charge in [-0.3, -0.25) is 9.59 Å². The molecule has 1 saturated heterocycles. The number of hydrogen-bond donors (Lipinski definition) is 2. The third-order valence-corrected chi connectivity index (χ3v) is 5.17. The summed E-state index contributed by atoms with van der Waals surface area (Å²) in [6.45, 7) is 4.22. The molecule has 2 amide bonds. The molecule has 0 aromatic heterocycles. The fourth-order valence-corrected chi connectivity index (χ4v) is 3.41. The van der Waals surface area contributed by atoms with Gasteiger partial charge in [-0.25, -0.2) is 4.39 Å². The van der Waals surface area contributed by atoms with Gasteiger partial charge in [-0.15, -0.1) is 0 Å². The smallest absolute Gasteiger partial charge is 0.251 e. The van der Waals surface area contributed by atoms with E-state index in [0.717, 1.165) is 30.8 Å². The summed E-state index contributed by atoms with van der Waals surface area (Å²) in [5.74, 6) is -0.404. The number of nitrogens with one attached hydrogen (secondary N) is 2. The minimum Gasteiger partial charge on any atom is -0.352 e. The summed E-state index contributed by atoms with van der Waals surface area (Å²) in [5.41, 5.74) is 2.49. The molecular weight excluding hydrogens is 369 g/mol. The van der Waals surface area contributed by atoms with Crippen LogP contribution in [0.25, 0.3) is 0 Å². The molecule has 0 unspecified atom stereocenters. The standard InChI is InChI=1S/C23H28FN3O2/c24-21-10-5-18(6-11-21)7-12-22(28)26-17-19-3-8-20(9-4-19)23(29)25-13-16-27-14-1-2-15-27/h3-6,8-11H,1-2,7,12-17H2,(H,25,29)(H,26,28). The Balaban J connectivity index is 1.36. The van der Waals surface area contributed by atoms with Crippen molar-refractivity contribution in [3.63, 3.8) is 0 Å². The van der Waals surface area contributed by atoms with E-state index in [-0.39, 0.29) is 17.6 Å². The molecule has 154 valence electrons. The molecule has 1 aliphatic heterocycles. The van der Waals surface area contributed by atoms with Gasteiger partial charge in [-0.1, -0.05) is 24.3 Å². The maximum Gasteiger partial charge on any atom is 0.251 e. The summed E-state index contributed by atoms with van der Waals surface area (Å²) in [7, 11) is 0. The molecule has 0 aliphatic carbocycles. The second-order valence-electron chi connectivity index (χ2n) is 7.40. The van der Waals surface area contributed by atoms with E-state index < -0.39 is 0 Å². The lowest BCUT2D eigenvalue weighted by Gasteiger charge is -2.14. The van der Waals surface area contributed by atoms with E-state index in [1.54, 1.807) is 24.3 Å². The summed E-state index contributed by atoms with van der Waals surface area (Å²) in [6, 6.07) is 13.5. The van der Waals surface area contributed by atoms with Gasteiger partial charge in [0.25, 0.3) is 5.91 Å². The third kappa shape index (κ3) is 6.98. The molecule has 0 bridgehead atoms. The number of hydrogen-bond acceptors (Lipinski definition) is 3. The Morgan fingerprint density at radius 3 is 2.24 bits per heavy atom. The van der Waals surface area contributed by atoms with Crippen molar-refractivity contribution in [2.45, 2.75) is 32.2 Å². The second kappa shape index (κ2) is 10.7. The highest BCUT2D eigenvalue weighted by molar-refractivity contribution is 5.94. The van der Waals surface area contributed by atoms with Crippen LogP contribution in [0.4, 0.5) is 4.39 Å². The van der Waals surface area contributed by atoms with Gasteiger partial charge in [0.15, 0.2) is 0 Å². The zero-order valence-electron chi connectivity index (χ0n) is 16.6. The zero-order chi connectivity index (χ0) is 20.5. The maximum atomic E-state index is 12.9. The molecule has 3 rings (SSSR count). The number of halogens is 1. The lowest BCUT2D eigenvalue weighted by Crippen LogP contribution is -2.33. The van der Waals surface area contributed by atoms with Crippen molar-refractivity contribution in [2.24, 2.45) is 0 Å². The largest absolute Gasteiger partial charge is 0.352 e. The first-order valence-corrected chi connectivity index (χ1v) is 10.2. The average molecular weight is 397 g/mol. The molecule has 0 radical (unpaired) electrons. The first-order chi connectivity index (χ1) is 14.1. The summed E-state index contributed by atoms with van der Waals surface area (Å²) < 4.78 is 12.9. The van der Waals surface area contributed by atoms with Crippen LogP contribution in [0, 0.1) is 5.82 Å². The van der Waals surface area contributed by atoms with Crippen molar-refractivity contribution < 1.29 is 14.0 Å². The maximum absolute atomic E-state index is 12.9. The predicted octanol–water partition coefficient (Wildman–Crippen LogP) is 2.90. The molecule has 1 aliphatic rings. The highest BCUT2D eigenvalue weighted by atomic mass is 19.1. The minimum atomic E-state index is -0.276. The van der Waals surface area contributed by atoms with E-state index in [0.29, 0.717) is 31.5 Å². The number of aryl methyl sites for hydroxylation is 1. The minimum absolute atomic E-state index is 0.0574. The Labute approximate surface area is 171 Å². The lowest BCUT2D eigenvalue weighted by atomic mass is 10.1. The van der Waals surface area contributed by atoms with Gasteiger partial charge in [-0.2, -0.15) is 0 Å².